The molecule has 0 fully saturated rings. The van der Waals surface area contributed by atoms with Crippen molar-refractivity contribution in [3.63, 3.8) is 0 Å². The number of carbonyl (C=O) groups excluding carboxylic acids is 1. The van der Waals surface area contributed by atoms with Crippen LogP contribution in [0, 0.1) is 10.1 Å². The lowest BCUT2D eigenvalue weighted by molar-refractivity contribution is -0.384. The van der Waals surface area contributed by atoms with Crippen molar-refractivity contribution in [2.75, 3.05) is 6.61 Å². The van der Waals surface area contributed by atoms with Gasteiger partial charge in [-0.05, 0) is 42.3 Å². The summed E-state index contributed by atoms with van der Waals surface area (Å²) in [5, 5.41) is 10.9. The Morgan fingerprint density at radius 3 is 2.62 bits per heavy atom. The van der Waals surface area contributed by atoms with Crippen LogP contribution in [0.5, 0.6) is 0 Å². The summed E-state index contributed by atoms with van der Waals surface area (Å²) in [4.78, 5) is 26.2. The van der Waals surface area contributed by atoms with Crippen molar-refractivity contribution in [3.05, 3.63) is 68.7 Å². The molecule has 0 spiro atoms. The normalized spacial score (nSPS) is 10.8. The second kappa shape index (κ2) is 8.21. The molecule has 2 aromatic carbocycles. The van der Waals surface area contributed by atoms with Crippen molar-refractivity contribution in [2.45, 2.75) is 13.3 Å². The monoisotopic (exact) mass is 346 g/mol. The molecule has 0 atom stereocenters. The maximum Gasteiger partial charge on any atom is 0.338 e. The molecular formula is C17H15ClN2O4. The number of ether oxygens (including phenoxy) is 1. The van der Waals surface area contributed by atoms with Crippen LogP contribution in [0.2, 0.25) is 5.02 Å². The third kappa shape index (κ3) is 4.63. The van der Waals surface area contributed by atoms with Gasteiger partial charge < -0.3 is 4.74 Å². The molecule has 6 nitrogen and oxygen atoms in total. The molecule has 0 heterocycles. The molecule has 24 heavy (non-hydrogen) atoms. The van der Waals surface area contributed by atoms with E-state index in [9.17, 15) is 14.9 Å². The Morgan fingerprint density at radius 1 is 1.29 bits per heavy atom. The van der Waals surface area contributed by atoms with E-state index < -0.39 is 4.92 Å². The lowest BCUT2D eigenvalue weighted by Crippen LogP contribution is -2.05. The van der Waals surface area contributed by atoms with Crippen LogP contribution >= 0.6 is 11.6 Å². The van der Waals surface area contributed by atoms with Crippen molar-refractivity contribution in [2.24, 2.45) is 4.99 Å². The highest BCUT2D eigenvalue weighted by Gasteiger charge is 2.11. The fraction of sp³-hybridized carbons (Fsp3) is 0.176. The molecule has 0 aliphatic heterocycles. The second-order valence-electron chi connectivity index (χ2n) is 4.91. The third-order valence-corrected chi connectivity index (χ3v) is 3.39. The third-order valence-electron chi connectivity index (χ3n) is 3.07. The summed E-state index contributed by atoms with van der Waals surface area (Å²) in [7, 11) is 0. The van der Waals surface area contributed by atoms with E-state index in [0.717, 1.165) is 6.42 Å². The van der Waals surface area contributed by atoms with Gasteiger partial charge in [0.2, 0.25) is 0 Å². The maximum absolute atomic E-state index is 11.7. The summed E-state index contributed by atoms with van der Waals surface area (Å²) < 4.78 is 5.04. The summed E-state index contributed by atoms with van der Waals surface area (Å²) in [6.07, 6.45) is 2.26. The van der Waals surface area contributed by atoms with Gasteiger partial charge in [0.05, 0.1) is 22.8 Å². The fourth-order valence-corrected chi connectivity index (χ4v) is 2.05. The molecule has 0 N–H and O–H groups in total. The number of nitro groups is 1. The number of hydrogen-bond acceptors (Lipinski definition) is 5. The maximum atomic E-state index is 11.7. The summed E-state index contributed by atoms with van der Waals surface area (Å²) >= 11 is 5.76. The van der Waals surface area contributed by atoms with Crippen LogP contribution in [-0.2, 0) is 4.74 Å². The number of esters is 1. The molecule has 2 aromatic rings. The van der Waals surface area contributed by atoms with Gasteiger partial charge in [-0.3, -0.25) is 15.1 Å². The summed E-state index contributed by atoms with van der Waals surface area (Å²) in [5.41, 5.74) is 1.44. The quantitative estimate of drug-likeness (QED) is 0.332. The van der Waals surface area contributed by atoms with Crippen LogP contribution in [-0.4, -0.2) is 23.7 Å². The molecule has 0 unspecified atom stereocenters. The molecule has 7 heteroatoms. The first kappa shape index (κ1) is 17.6. The van der Waals surface area contributed by atoms with Gasteiger partial charge >= 0.3 is 5.97 Å². The van der Waals surface area contributed by atoms with Gasteiger partial charge in [0.25, 0.3) is 5.69 Å². The molecule has 0 aromatic heterocycles. The van der Waals surface area contributed by atoms with Gasteiger partial charge in [0.15, 0.2) is 0 Å². The number of nitro benzene ring substituents is 1. The Morgan fingerprint density at radius 2 is 2.00 bits per heavy atom. The number of benzene rings is 2. The number of nitrogens with zero attached hydrogens (tertiary/aromatic N) is 2. The SMILES string of the molecule is CCCOC(=O)c1ccc(N=Cc2ccc(Cl)c([N+](=O)[O-])c2)cc1. The molecule has 0 amide bonds. The average molecular weight is 347 g/mol. The van der Waals surface area contributed by atoms with Gasteiger partial charge in [-0.25, -0.2) is 4.79 Å². The van der Waals surface area contributed by atoms with Gasteiger partial charge in [0, 0.05) is 12.3 Å². The van der Waals surface area contributed by atoms with Crippen molar-refractivity contribution in [1.82, 2.24) is 0 Å². The zero-order chi connectivity index (χ0) is 17.5. The zero-order valence-electron chi connectivity index (χ0n) is 12.9. The first-order chi connectivity index (χ1) is 11.5. The summed E-state index contributed by atoms with van der Waals surface area (Å²) in [6.45, 7) is 2.31. The lowest BCUT2D eigenvalue weighted by Gasteiger charge is -2.03. The van der Waals surface area contributed by atoms with E-state index in [1.165, 1.54) is 18.3 Å². The predicted octanol–water partition coefficient (Wildman–Crippen LogP) is 4.57. The number of carbonyl (C=O) groups is 1. The van der Waals surface area contributed by atoms with E-state index in [2.05, 4.69) is 4.99 Å². The first-order valence-electron chi connectivity index (χ1n) is 7.26. The molecule has 0 saturated carbocycles. The molecule has 2 rings (SSSR count). The second-order valence-corrected chi connectivity index (χ2v) is 5.32. The largest absolute Gasteiger partial charge is 0.462 e. The van der Waals surface area contributed by atoms with Gasteiger partial charge in [-0.2, -0.15) is 0 Å². The standard InChI is InChI=1S/C17H15ClN2O4/c1-2-9-24-17(21)13-4-6-14(7-5-13)19-11-12-3-8-15(18)16(10-12)20(22)23/h3-8,10-11H,2,9H2,1H3. The topological polar surface area (TPSA) is 81.8 Å². The van der Waals surface area contributed by atoms with E-state index in [-0.39, 0.29) is 16.7 Å². The van der Waals surface area contributed by atoms with E-state index in [0.29, 0.717) is 23.4 Å². The smallest absolute Gasteiger partial charge is 0.338 e. The Labute approximate surface area is 143 Å². The zero-order valence-corrected chi connectivity index (χ0v) is 13.7. The Kier molecular flexibility index (Phi) is 6.03. The molecule has 124 valence electrons. The number of halogens is 1. The Hall–Kier alpha value is -2.73. The van der Waals surface area contributed by atoms with Crippen molar-refractivity contribution in [3.8, 4) is 0 Å². The van der Waals surface area contributed by atoms with Crippen LogP contribution in [0.1, 0.15) is 29.3 Å². The summed E-state index contributed by atoms with van der Waals surface area (Å²) in [6, 6.07) is 11.0. The molecule has 0 radical (unpaired) electrons. The number of aliphatic imine (C=N–C) groups is 1. The van der Waals surface area contributed by atoms with Crippen molar-refractivity contribution >= 4 is 35.2 Å². The van der Waals surface area contributed by atoms with E-state index >= 15 is 0 Å². The molecule has 0 saturated heterocycles. The molecule has 0 aliphatic carbocycles. The van der Waals surface area contributed by atoms with Crippen LogP contribution in [0.3, 0.4) is 0 Å². The van der Waals surface area contributed by atoms with Crippen LogP contribution < -0.4 is 0 Å². The van der Waals surface area contributed by atoms with Gasteiger partial charge in [-0.15, -0.1) is 0 Å². The van der Waals surface area contributed by atoms with Crippen LogP contribution in [0.15, 0.2) is 47.5 Å². The van der Waals surface area contributed by atoms with Crippen molar-refractivity contribution < 1.29 is 14.5 Å². The lowest BCUT2D eigenvalue weighted by atomic mass is 10.2. The summed E-state index contributed by atoms with van der Waals surface area (Å²) in [5.74, 6) is -0.374. The van der Waals surface area contributed by atoms with E-state index in [4.69, 9.17) is 16.3 Å². The number of hydrogen-bond donors (Lipinski definition) is 0. The minimum absolute atomic E-state index is 0.0760. The minimum atomic E-state index is -0.545. The van der Waals surface area contributed by atoms with E-state index in [1.54, 1.807) is 30.3 Å². The van der Waals surface area contributed by atoms with E-state index in [1.807, 2.05) is 6.92 Å². The van der Waals surface area contributed by atoms with Gasteiger partial charge in [-0.1, -0.05) is 24.6 Å². The molecular weight excluding hydrogens is 332 g/mol. The highest BCUT2D eigenvalue weighted by atomic mass is 35.5. The fourth-order valence-electron chi connectivity index (χ4n) is 1.86. The van der Waals surface area contributed by atoms with Crippen LogP contribution in [0.4, 0.5) is 11.4 Å². The highest BCUT2D eigenvalue weighted by Crippen LogP contribution is 2.24. The minimum Gasteiger partial charge on any atom is -0.462 e. The van der Waals surface area contributed by atoms with Crippen molar-refractivity contribution in [1.29, 1.82) is 0 Å². The number of rotatable bonds is 6. The first-order valence-corrected chi connectivity index (χ1v) is 7.64. The van der Waals surface area contributed by atoms with Gasteiger partial charge in [0.1, 0.15) is 5.02 Å². The Balaban J connectivity index is 2.11. The Bertz CT molecular complexity index is 773. The highest BCUT2D eigenvalue weighted by molar-refractivity contribution is 6.32. The predicted molar refractivity (Wildman–Crippen MR) is 92.4 cm³/mol. The molecule has 0 bridgehead atoms. The van der Waals surface area contributed by atoms with Crippen LogP contribution in [0.25, 0.3) is 0 Å². The average Bonchev–Trinajstić information content (AvgIpc) is 2.59. The molecule has 0 aliphatic rings.